The molecule has 1 aliphatic carbocycles. The Bertz CT molecular complexity index is 768. The average Bonchev–Trinajstić information content (AvgIpc) is 3.33. The molecule has 0 aliphatic heterocycles. The summed E-state index contributed by atoms with van der Waals surface area (Å²) < 4.78 is 0. The standard InChI is InChI=1S/C20H21NO4/c22-17(12-20(9-10-20)13-18(23)24)21-16-8-4-7-15(11-16)19(25)14-5-2-1-3-6-14/h1-8,11,19,25H,9-10,12-13H2,(H,21,22)(H,23,24). The third-order valence-electron chi connectivity index (χ3n) is 4.62. The Kier molecular flexibility index (Phi) is 4.86. The maximum Gasteiger partial charge on any atom is 0.303 e. The van der Waals surface area contributed by atoms with Crippen LogP contribution in [-0.4, -0.2) is 22.1 Å². The molecular weight excluding hydrogens is 318 g/mol. The van der Waals surface area contributed by atoms with Crippen molar-refractivity contribution in [1.82, 2.24) is 0 Å². The zero-order valence-electron chi connectivity index (χ0n) is 13.8. The van der Waals surface area contributed by atoms with Crippen LogP contribution in [0.5, 0.6) is 0 Å². The van der Waals surface area contributed by atoms with Crippen molar-refractivity contribution in [2.24, 2.45) is 5.41 Å². The van der Waals surface area contributed by atoms with Crippen LogP contribution in [0.2, 0.25) is 0 Å². The molecule has 0 saturated heterocycles. The number of carboxylic acid groups (broad SMARTS) is 1. The SMILES string of the molecule is O=C(O)CC1(CC(=O)Nc2cccc(C(O)c3ccccc3)c2)CC1. The fourth-order valence-corrected chi connectivity index (χ4v) is 3.07. The predicted octanol–water partition coefficient (Wildman–Crippen LogP) is 3.35. The van der Waals surface area contributed by atoms with Gasteiger partial charge in [0.2, 0.25) is 5.91 Å². The highest BCUT2D eigenvalue weighted by Crippen LogP contribution is 2.51. The fourth-order valence-electron chi connectivity index (χ4n) is 3.07. The lowest BCUT2D eigenvalue weighted by Gasteiger charge is -2.15. The Labute approximate surface area is 146 Å². The minimum absolute atomic E-state index is 0.0349. The number of amides is 1. The number of benzene rings is 2. The number of hydrogen-bond acceptors (Lipinski definition) is 3. The van der Waals surface area contributed by atoms with Gasteiger partial charge in [-0.05, 0) is 41.5 Å². The van der Waals surface area contributed by atoms with Gasteiger partial charge in [0.05, 0.1) is 6.42 Å². The molecule has 0 bridgehead atoms. The van der Waals surface area contributed by atoms with Crippen molar-refractivity contribution in [3.63, 3.8) is 0 Å². The Morgan fingerprint density at radius 2 is 1.68 bits per heavy atom. The number of rotatable bonds is 7. The van der Waals surface area contributed by atoms with Crippen LogP contribution in [-0.2, 0) is 9.59 Å². The summed E-state index contributed by atoms with van der Waals surface area (Å²) in [6, 6.07) is 16.4. The fraction of sp³-hybridized carbons (Fsp3) is 0.300. The van der Waals surface area contributed by atoms with E-state index in [1.807, 2.05) is 30.3 Å². The van der Waals surface area contributed by atoms with E-state index in [4.69, 9.17) is 5.11 Å². The van der Waals surface area contributed by atoms with E-state index in [1.54, 1.807) is 24.3 Å². The number of nitrogens with one attached hydrogen (secondary N) is 1. The molecule has 1 saturated carbocycles. The minimum atomic E-state index is -0.863. The molecule has 5 heteroatoms. The van der Waals surface area contributed by atoms with Crippen LogP contribution in [0.25, 0.3) is 0 Å². The number of carbonyl (C=O) groups excluding carboxylic acids is 1. The van der Waals surface area contributed by atoms with Gasteiger partial charge in [-0.25, -0.2) is 0 Å². The highest BCUT2D eigenvalue weighted by Gasteiger charge is 2.45. The molecule has 130 valence electrons. The van der Waals surface area contributed by atoms with Crippen molar-refractivity contribution < 1.29 is 19.8 Å². The number of aliphatic hydroxyl groups is 1. The quantitative estimate of drug-likeness (QED) is 0.722. The zero-order valence-corrected chi connectivity index (χ0v) is 13.8. The molecule has 0 heterocycles. The Hall–Kier alpha value is -2.66. The number of carboxylic acids is 1. The van der Waals surface area contributed by atoms with E-state index < -0.39 is 12.1 Å². The first kappa shape index (κ1) is 17.2. The second-order valence-electron chi connectivity index (χ2n) is 6.73. The molecular formula is C20H21NO4. The van der Waals surface area contributed by atoms with Gasteiger partial charge in [0.15, 0.2) is 0 Å². The highest BCUT2D eigenvalue weighted by atomic mass is 16.4. The van der Waals surface area contributed by atoms with Crippen LogP contribution in [0.3, 0.4) is 0 Å². The number of hydrogen-bond donors (Lipinski definition) is 3. The van der Waals surface area contributed by atoms with Crippen LogP contribution in [0, 0.1) is 5.41 Å². The lowest BCUT2D eigenvalue weighted by Crippen LogP contribution is -2.19. The molecule has 2 aromatic rings. The van der Waals surface area contributed by atoms with Gasteiger partial charge in [0.25, 0.3) is 0 Å². The molecule has 25 heavy (non-hydrogen) atoms. The maximum atomic E-state index is 12.2. The summed E-state index contributed by atoms with van der Waals surface area (Å²) >= 11 is 0. The Balaban J connectivity index is 1.66. The van der Waals surface area contributed by atoms with Gasteiger partial charge in [-0.15, -0.1) is 0 Å². The molecule has 0 radical (unpaired) electrons. The molecule has 1 atom stereocenters. The highest BCUT2D eigenvalue weighted by molar-refractivity contribution is 5.91. The smallest absolute Gasteiger partial charge is 0.303 e. The van der Waals surface area contributed by atoms with Gasteiger partial charge in [0, 0.05) is 12.1 Å². The average molecular weight is 339 g/mol. The predicted molar refractivity (Wildman–Crippen MR) is 94.1 cm³/mol. The van der Waals surface area contributed by atoms with Crippen LogP contribution in [0.1, 0.15) is 42.9 Å². The van der Waals surface area contributed by atoms with Crippen LogP contribution < -0.4 is 5.32 Å². The van der Waals surface area contributed by atoms with E-state index in [0.29, 0.717) is 11.3 Å². The summed E-state index contributed by atoms with van der Waals surface area (Å²) in [6.45, 7) is 0. The van der Waals surface area contributed by atoms with Gasteiger partial charge in [-0.3, -0.25) is 9.59 Å². The molecule has 2 aromatic carbocycles. The summed E-state index contributed by atoms with van der Waals surface area (Å²) in [5.74, 6) is -1.05. The number of aliphatic hydroxyl groups excluding tert-OH is 1. The molecule has 1 fully saturated rings. The summed E-state index contributed by atoms with van der Waals surface area (Å²) in [5.41, 5.74) is 1.69. The van der Waals surface area contributed by atoms with E-state index >= 15 is 0 Å². The molecule has 0 aromatic heterocycles. The van der Waals surface area contributed by atoms with Crippen molar-refractivity contribution in [1.29, 1.82) is 0 Å². The van der Waals surface area contributed by atoms with E-state index in [0.717, 1.165) is 18.4 Å². The first-order valence-electron chi connectivity index (χ1n) is 8.32. The largest absolute Gasteiger partial charge is 0.481 e. The normalized spacial score (nSPS) is 16.0. The zero-order chi connectivity index (χ0) is 17.9. The van der Waals surface area contributed by atoms with E-state index in [1.165, 1.54) is 0 Å². The topological polar surface area (TPSA) is 86.6 Å². The molecule has 3 rings (SSSR count). The molecule has 1 unspecified atom stereocenters. The van der Waals surface area contributed by atoms with Gasteiger partial charge < -0.3 is 15.5 Å². The Morgan fingerprint density at radius 3 is 2.32 bits per heavy atom. The maximum absolute atomic E-state index is 12.2. The first-order chi connectivity index (χ1) is 12.0. The van der Waals surface area contributed by atoms with E-state index in [2.05, 4.69) is 5.32 Å². The van der Waals surface area contributed by atoms with Crippen molar-refractivity contribution in [2.75, 3.05) is 5.32 Å². The summed E-state index contributed by atoms with van der Waals surface area (Å²) in [7, 11) is 0. The van der Waals surface area contributed by atoms with Crippen molar-refractivity contribution >= 4 is 17.6 Å². The summed E-state index contributed by atoms with van der Waals surface area (Å²) in [6.07, 6.45) is 1.04. The monoisotopic (exact) mass is 339 g/mol. The van der Waals surface area contributed by atoms with Gasteiger partial charge in [-0.1, -0.05) is 42.5 Å². The summed E-state index contributed by atoms with van der Waals surface area (Å²) in [4.78, 5) is 23.1. The first-order valence-corrected chi connectivity index (χ1v) is 8.32. The second kappa shape index (κ2) is 7.07. The van der Waals surface area contributed by atoms with Gasteiger partial charge in [-0.2, -0.15) is 0 Å². The third kappa shape index (κ3) is 4.45. The van der Waals surface area contributed by atoms with Crippen molar-refractivity contribution in [3.8, 4) is 0 Å². The molecule has 1 aliphatic rings. The van der Waals surface area contributed by atoms with Crippen molar-refractivity contribution in [2.45, 2.75) is 31.8 Å². The number of aliphatic carboxylic acids is 1. The van der Waals surface area contributed by atoms with E-state index in [9.17, 15) is 14.7 Å². The molecule has 1 amide bonds. The minimum Gasteiger partial charge on any atom is -0.481 e. The lowest BCUT2D eigenvalue weighted by atomic mass is 9.97. The second-order valence-corrected chi connectivity index (χ2v) is 6.73. The number of carbonyl (C=O) groups is 2. The van der Waals surface area contributed by atoms with E-state index in [-0.39, 0.29) is 24.2 Å². The Morgan fingerprint density at radius 1 is 1.00 bits per heavy atom. The van der Waals surface area contributed by atoms with Crippen LogP contribution in [0.15, 0.2) is 54.6 Å². The lowest BCUT2D eigenvalue weighted by molar-refractivity contribution is -0.138. The molecule has 0 spiro atoms. The molecule has 3 N–H and O–H groups in total. The van der Waals surface area contributed by atoms with Crippen LogP contribution in [0.4, 0.5) is 5.69 Å². The molecule has 5 nitrogen and oxygen atoms in total. The summed E-state index contributed by atoms with van der Waals surface area (Å²) in [5, 5.41) is 22.2. The van der Waals surface area contributed by atoms with Crippen LogP contribution >= 0.6 is 0 Å². The van der Waals surface area contributed by atoms with Crippen molar-refractivity contribution in [3.05, 3.63) is 65.7 Å². The number of anilines is 1. The van der Waals surface area contributed by atoms with Gasteiger partial charge in [0.1, 0.15) is 6.10 Å². The van der Waals surface area contributed by atoms with Gasteiger partial charge >= 0.3 is 5.97 Å². The third-order valence-corrected chi connectivity index (χ3v) is 4.62.